The zero-order chi connectivity index (χ0) is 12.5. The van der Waals surface area contributed by atoms with Crippen molar-refractivity contribution in [3.8, 4) is 0 Å². The molecular formula is C11H16ClN3OS. The highest BCUT2D eigenvalue weighted by Crippen LogP contribution is 2.37. The minimum absolute atomic E-state index is 0.217. The summed E-state index contributed by atoms with van der Waals surface area (Å²) < 4.78 is 1.48. The van der Waals surface area contributed by atoms with Crippen molar-refractivity contribution < 1.29 is 0 Å². The Bertz CT molecular complexity index is 468. The third-order valence-electron chi connectivity index (χ3n) is 3.03. The van der Waals surface area contributed by atoms with Crippen LogP contribution in [0.5, 0.6) is 0 Å². The molecule has 94 valence electrons. The second-order valence-corrected chi connectivity index (χ2v) is 6.62. The van der Waals surface area contributed by atoms with Gasteiger partial charge in [0.1, 0.15) is 5.02 Å². The average Bonchev–Trinajstić information content (AvgIpc) is 2.73. The van der Waals surface area contributed by atoms with Gasteiger partial charge in [0.2, 0.25) is 0 Å². The second kappa shape index (κ2) is 4.90. The molecule has 0 saturated carbocycles. The summed E-state index contributed by atoms with van der Waals surface area (Å²) in [5, 5.41) is 7.41. The van der Waals surface area contributed by atoms with Crippen LogP contribution in [0, 0.1) is 0 Å². The summed E-state index contributed by atoms with van der Waals surface area (Å²) in [6.45, 7) is 3.05. The van der Waals surface area contributed by atoms with E-state index in [1.54, 1.807) is 13.2 Å². The van der Waals surface area contributed by atoms with E-state index in [1.165, 1.54) is 23.3 Å². The second-order valence-electron chi connectivity index (χ2n) is 4.56. The van der Waals surface area contributed by atoms with Gasteiger partial charge >= 0.3 is 0 Å². The molecule has 0 aromatic carbocycles. The standard InChI is InChI=1S/C11H16ClN3OS/c1-11(4-3-5-17-11)7-13-8-6-14-15(2)10(16)9(8)12/h6,13H,3-5,7H2,1-2H3. The van der Waals surface area contributed by atoms with Gasteiger partial charge in [-0.05, 0) is 25.5 Å². The summed E-state index contributed by atoms with van der Waals surface area (Å²) in [7, 11) is 1.59. The third kappa shape index (κ3) is 2.77. The molecule has 0 amide bonds. The molecule has 4 nitrogen and oxygen atoms in total. The van der Waals surface area contributed by atoms with Crippen LogP contribution in [-0.2, 0) is 7.05 Å². The first-order valence-corrected chi connectivity index (χ1v) is 6.98. The van der Waals surface area contributed by atoms with Crippen molar-refractivity contribution in [1.82, 2.24) is 9.78 Å². The van der Waals surface area contributed by atoms with Crippen LogP contribution in [0.3, 0.4) is 0 Å². The smallest absolute Gasteiger partial charge is 0.287 e. The van der Waals surface area contributed by atoms with E-state index in [1.807, 2.05) is 11.8 Å². The van der Waals surface area contributed by atoms with Crippen LogP contribution >= 0.6 is 23.4 Å². The molecule has 1 N–H and O–H groups in total. The Kier molecular flexibility index (Phi) is 3.68. The Morgan fingerprint density at radius 1 is 1.71 bits per heavy atom. The molecule has 1 atom stereocenters. The predicted octanol–water partition coefficient (Wildman–Crippen LogP) is 2.13. The van der Waals surface area contributed by atoms with Crippen molar-refractivity contribution in [3.63, 3.8) is 0 Å². The Hall–Kier alpha value is -0.680. The highest BCUT2D eigenvalue weighted by atomic mass is 35.5. The quantitative estimate of drug-likeness (QED) is 0.917. The molecule has 2 heterocycles. The van der Waals surface area contributed by atoms with Gasteiger partial charge in [-0.2, -0.15) is 16.9 Å². The molecule has 1 aliphatic heterocycles. The van der Waals surface area contributed by atoms with E-state index in [9.17, 15) is 4.79 Å². The zero-order valence-corrected chi connectivity index (χ0v) is 11.6. The van der Waals surface area contributed by atoms with Crippen molar-refractivity contribution in [1.29, 1.82) is 0 Å². The monoisotopic (exact) mass is 273 g/mol. The van der Waals surface area contributed by atoms with E-state index in [2.05, 4.69) is 17.3 Å². The van der Waals surface area contributed by atoms with Gasteiger partial charge in [-0.1, -0.05) is 11.6 Å². The van der Waals surface area contributed by atoms with Gasteiger partial charge in [-0.25, -0.2) is 4.68 Å². The summed E-state index contributed by atoms with van der Waals surface area (Å²) in [5.41, 5.74) is 0.365. The van der Waals surface area contributed by atoms with Crippen molar-refractivity contribution in [2.75, 3.05) is 17.6 Å². The van der Waals surface area contributed by atoms with Gasteiger partial charge in [-0.3, -0.25) is 4.79 Å². The number of anilines is 1. The van der Waals surface area contributed by atoms with Gasteiger partial charge < -0.3 is 5.32 Å². The fourth-order valence-electron chi connectivity index (χ4n) is 1.89. The number of nitrogens with zero attached hydrogens (tertiary/aromatic N) is 2. The highest BCUT2D eigenvalue weighted by Gasteiger charge is 2.29. The summed E-state index contributed by atoms with van der Waals surface area (Å²) in [6.07, 6.45) is 4.05. The van der Waals surface area contributed by atoms with E-state index in [-0.39, 0.29) is 15.3 Å². The number of halogens is 1. The largest absolute Gasteiger partial charge is 0.381 e. The molecule has 0 bridgehead atoms. The van der Waals surface area contributed by atoms with Crippen molar-refractivity contribution >= 4 is 29.1 Å². The van der Waals surface area contributed by atoms with E-state index < -0.39 is 0 Å². The van der Waals surface area contributed by atoms with Crippen molar-refractivity contribution in [2.45, 2.75) is 24.5 Å². The lowest BCUT2D eigenvalue weighted by atomic mass is 10.1. The number of aromatic nitrogens is 2. The zero-order valence-electron chi connectivity index (χ0n) is 9.99. The molecule has 1 saturated heterocycles. The maximum Gasteiger partial charge on any atom is 0.287 e. The van der Waals surface area contributed by atoms with Gasteiger partial charge in [0, 0.05) is 18.3 Å². The minimum Gasteiger partial charge on any atom is -0.381 e. The first-order chi connectivity index (χ1) is 8.02. The topological polar surface area (TPSA) is 46.9 Å². The molecule has 1 aromatic heterocycles. The number of hydrogen-bond donors (Lipinski definition) is 1. The molecule has 0 radical (unpaired) electrons. The van der Waals surface area contributed by atoms with Gasteiger partial charge in [0.05, 0.1) is 11.9 Å². The lowest BCUT2D eigenvalue weighted by Crippen LogP contribution is -2.28. The first-order valence-electron chi connectivity index (χ1n) is 5.61. The Morgan fingerprint density at radius 2 is 2.47 bits per heavy atom. The molecular weight excluding hydrogens is 258 g/mol. The fourth-order valence-corrected chi connectivity index (χ4v) is 3.37. The fraction of sp³-hybridized carbons (Fsp3) is 0.636. The molecule has 2 rings (SSSR count). The van der Waals surface area contributed by atoms with E-state index in [0.717, 1.165) is 6.54 Å². The third-order valence-corrected chi connectivity index (χ3v) is 4.93. The van der Waals surface area contributed by atoms with E-state index >= 15 is 0 Å². The van der Waals surface area contributed by atoms with Crippen LogP contribution in [-0.4, -0.2) is 26.8 Å². The van der Waals surface area contributed by atoms with E-state index in [4.69, 9.17) is 11.6 Å². The number of nitrogens with one attached hydrogen (secondary N) is 1. The SMILES string of the molecule is Cn1ncc(NCC2(C)CCCS2)c(Cl)c1=O. The lowest BCUT2D eigenvalue weighted by molar-refractivity contribution is 0.633. The average molecular weight is 274 g/mol. The molecule has 1 aliphatic rings. The molecule has 0 aliphatic carbocycles. The highest BCUT2D eigenvalue weighted by molar-refractivity contribution is 8.00. The van der Waals surface area contributed by atoms with Crippen molar-refractivity contribution in [2.24, 2.45) is 7.05 Å². The predicted molar refractivity (Wildman–Crippen MR) is 73.1 cm³/mol. The normalized spacial score (nSPS) is 23.9. The van der Waals surface area contributed by atoms with Crippen LogP contribution < -0.4 is 10.9 Å². The van der Waals surface area contributed by atoms with Crippen molar-refractivity contribution in [3.05, 3.63) is 21.6 Å². The summed E-state index contributed by atoms with van der Waals surface area (Å²) >= 11 is 7.95. The van der Waals surface area contributed by atoms with Gasteiger partial charge in [0.15, 0.2) is 0 Å². The number of aryl methyl sites for hydroxylation is 1. The number of rotatable bonds is 3. The molecule has 0 spiro atoms. The molecule has 1 unspecified atom stereocenters. The van der Waals surface area contributed by atoms with Gasteiger partial charge in [0.25, 0.3) is 5.56 Å². The molecule has 6 heteroatoms. The maximum atomic E-state index is 11.6. The summed E-state index contributed by atoms with van der Waals surface area (Å²) in [6, 6.07) is 0. The summed E-state index contributed by atoms with van der Waals surface area (Å²) in [4.78, 5) is 11.6. The molecule has 17 heavy (non-hydrogen) atoms. The Labute approximate surface area is 110 Å². The lowest BCUT2D eigenvalue weighted by Gasteiger charge is -2.23. The van der Waals surface area contributed by atoms with Crippen LogP contribution in [0.1, 0.15) is 19.8 Å². The molecule has 1 aromatic rings. The summed E-state index contributed by atoms with van der Waals surface area (Å²) in [5.74, 6) is 1.21. The number of hydrogen-bond acceptors (Lipinski definition) is 4. The van der Waals surface area contributed by atoms with E-state index in [0.29, 0.717) is 5.69 Å². The maximum absolute atomic E-state index is 11.6. The molecule has 1 fully saturated rings. The Morgan fingerprint density at radius 3 is 3.12 bits per heavy atom. The number of thioether (sulfide) groups is 1. The van der Waals surface area contributed by atoms with Crippen LogP contribution in [0.4, 0.5) is 5.69 Å². The van der Waals surface area contributed by atoms with Crippen LogP contribution in [0.2, 0.25) is 5.02 Å². The first kappa shape index (κ1) is 12.8. The van der Waals surface area contributed by atoms with Crippen LogP contribution in [0.25, 0.3) is 0 Å². The minimum atomic E-state index is -0.263. The van der Waals surface area contributed by atoms with Gasteiger partial charge in [-0.15, -0.1) is 0 Å². The van der Waals surface area contributed by atoms with Crippen LogP contribution in [0.15, 0.2) is 11.0 Å². The Balaban J connectivity index is 2.09.